The van der Waals surface area contributed by atoms with Crippen LogP contribution in [0.1, 0.15) is 41.5 Å². The molecular formula is C21H20F3NO2. The molecule has 1 heterocycles. The van der Waals surface area contributed by atoms with Crippen LogP contribution < -0.4 is 0 Å². The van der Waals surface area contributed by atoms with Crippen molar-refractivity contribution in [1.82, 2.24) is 4.90 Å². The molecule has 4 rings (SSSR count). The third kappa shape index (κ3) is 3.12. The van der Waals surface area contributed by atoms with E-state index < -0.39 is 11.7 Å². The second-order valence-corrected chi connectivity index (χ2v) is 7.14. The molecule has 1 amide bonds. The SMILES string of the molecule is COCC(=O)N1CCC2C[C@@H]1c1c(-c3ccc(C(F)(F)F)cc3)cccc12. The van der Waals surface area contributed by atoms with E-state index in [1.807, 2.05) is 17.0 Å². The van der Waals surface area contributed by atoms with Crippen molar-refractivity contribution in [3.8, 4) is 11.1 Å². The van der Waals surface area contributed by atoms with Gasteiger partial charge < -0.3 is 9.64 Å². The summed E-state index contributed by atoms with van der Waals surface area (Å²) in [5.74, 6) is 0.349. The Morgan fingerprint density at radius 3 is 2.59 bits per heavy atom. The molecule has 0 aromatic heterocycles. The number of hydrogen-bond donors (Lipinski definition) is 0. The molecule has 0 N–H and O–H groups in total. The quantitative estimate of drug-likeness (QED) is 0.773. The summed E-state index contributed by atoms with van der Waals surface area (Å²) in [4.78, 5) is 14.3. The van der Waals surface area contributed by atoms with E-state index in [1.165, 1.54) is 24.8 Å². The lowest BCUT2D eigenvalue weighted by Gasteiger charge is -2.34. The first-order chi connectivity index (χ1) is 12.9. The third-order valence-electron chi connectivity index (χ3n) is 5.63. The van der Waals surface area contributed by atoms with Crippen molar-refractivity contribution in [3.05, 3.63) is 59.2 Å². The molecule has 2 aliphatic rings. The van der Waals surface area contributed by atoms with E-state index in [4.69, 9.17) is 4.74 Å². The molecule has 0 radical (unpaired) electrons. The minimum absolute atomic E-state index is 0.0406. The lowest BCUT2D eigenvalue weighted by molar-refractivity contribution is -0.139. The Bertz CT molecular complexity index is 861. The largest absolute Gasteiger partial charge is 0.416 e. The molecule has 27 heavy (non-hydrogen) atoms. The maximum atomic E-state index is 12.9. The first-order valence-corrected chi connectivity index (χ1v) is 8.99. The van der Waals surface area contributed by atoms with E-state index in [2.05, 4.69) is 6.07 Å². The van der Waals surface area contributed by atoms with Crippen molar-refractivity contribution in [2.45, 2.75) is 31.0 Å². The Labute approximate surface area is 155 Å². The van der Waals surface area contributed by atoms with Gasteiger partial charge >= 0.3 is 6.18 Å². The normalized spacial score (nSPS) is 21.3. The summed E-state index contributed by atoms with van der Waals surface area (Å²) < 4.78 is 43.6. The van der Waals surface area contributed by atoms with Crippen LogP contribution in [-0.2, 0) is 15.7 Å². The van der Waals surface area contributed by atoms with Crippen LogP contribution in [-0.4, -0.2) is 31.1 Å². The highest BCUT2D eigenvalue weighted by Gasteiger charge is 2.42. The van der Waals surface area contributed by atoms with E-state index in [-0.39, 0.29) is 18.6 Å². The Morgan fingerprint density at radius 2 is 1.93 bits per heavy atom. The zero-order valence-corrected chi connectivity index (χ0v) is 14.9. The molecule has 1 fully saturated rings. The van der Waals surface area contributed by atoms with Gasteiger partial charge in [-0.3, -0.25) is 4.79 Å². The van der Waals surface area contributed by atoms with Crippen LogP contribution in [0.2, 0.25) is 0 Å². The smallest absolute Gasteiger partial charge is 0.375 e. The van der Waals surface area contributed by atoms with Gasteiger partial charge in [-0.05, 0) is 53.1 Å². The fourth-order valence-electron chi connectivity index (χ4n) is 4.43. The van der Waals surface area contributed by atoms with Gasteiger partial charge in [0.15, 0.2) is 0 Å². The molecule has 1 aliphatic heterocycles. The number of rotatable bonds is 3. The molecule has 1 unspecified atom stereocenters. The predicted octanol–water partition coefficient (Wildman–Crippen LogP) is 4.78. The lowest BCUT2D eigenvalue weighted by Crippen LogP contribution is -2.39. The van der Waals surface area contributed by atoms with E-state index in [0.717, 1.165) is 41.7 Å². The average Bonchev–Trinajstić information content (AvgIpc) is 2.94. The molecule has 2 aromatic rings. The highest BCUT2D eigenvalue weighted by atomic mass is 19.4. The average molecular weight is 375 g/mol. The standard InChI is InChI=1S/C21H20F3NO2/c1-27-12-19(26)25-10-9-14-11-18(25)20-16(3-2-4-17(14)20)13-5-7-15(8-6-13)21(22,23)24/h2-8,14,18H,9-12H2,1H3/t14?,18-/m1/s1. The Hall–Kier alpha value is -2.34. The summed E-state index contributed by atoms with van der Waals surface area (Å²) in [5, 5.41) is 0. The van der Waals surface area contributed by atoms with Gasteiger partial charge in [0.2, 0.25) is 5.91 Å². The number of methoxy groups -OCH3 is 1. The number of hydrogen-bond acceptors (Lipinski definition) is 2. The molecule has 142 valence electrons. The van der Waals surface area contributed by atoms with Crippen LogP contribution >= 0.6 is 0 Å². The second-order valence-electron chi connectivity index (χ2n) is 7.14. The van der Waals surface area contributed by atoms with E-state index in [9.17, 15) is 18.0 Å². The molecule has 3 nitrogen and oxygen atoms in total. The number of alkyl halides is 3. The van der Waals surface area contributed by atoms with Crippen molar-refractivity contribution < 1.29 is 22.7 Å². The molecule has 2 bridgehead atoms. The van der Waals surface area contributed by atoms with Crippen molar-refractivity contribution >= 4 is 5.91 Å². The number of carbonyl (C=O) groups is 1. The maximum Gasteiger partial charge on any atom is 0.416 e. The molecular weight excluding hydrogens is 355 g/mol. The van der Waals surface area contributed by atoms with Gasteiger partial charge in [-0.2, -0.15) is 13.2 Å². The molecule has 2 aromatic carbocycles. The van der Waals surface area contributed by atoms with Gasteiger partial charge in [0.25, 0.3) is 0 Å². The number of likely N-dealkylation sites (tertiary alicyclic amines) is 1. The molecule has 0 saturated carbocycles. The summed E-state index contributed by atoms with van der Waals surface area (Å²) in [6.07, 6.45) is -2.59. The van der Waals surface area contributed by atoms with Gasteiger partial charge in [-0.1, -0.05) is 30.3 Å². The number of piperidine rings is 1. The Kier molecular flexibility index (Phi) is 4.46. The zero-order chi connectivity index (χ0) is 19.2. The molecule has 1 aliphatic carbocycles. The van der Waals surface area contributed by atoms with Crippen LogP contribution in [0, 0.1) is 0 Å². The molecule has 2 atom stereocenters. The summed E-state index contributed by atoms with van der Waals surface area (Å²) in [6.45, 7) is 0.720. The van der Waals surface area contributed by atoms with Crippen molar-refractivity contribution in [2.24, 2.45) is 0 Å². The zero-order valence-electron chi connectivity index (χ0n) is 14.9. The topological polar surface area (TPSA) is 29.5 Å². The summed E-state index contributed by atoms with van der Waals surface area (Å²) in [7, 11) is 1.50. The Balaban J connectivity index is 1.75. The number of fused-ring (bicyclic) bond motifs is 5. The van der Waals surface area contributed by atoms with Crippen LogP contribution in [0.15, 0.2) is 42.5 Å². The van der Waals surface area contributed by atoms with Gasteiger partial charge in [-0.15, -0.1) is 0 Å². The predicted molar refractivity (Wildman–Crippen MR) is 95.2 cm³/mol. The maximum absolute atomic E-state index is 12.9. The van der Waals surface area contributed by atoms with Gasteiger partial charge in [0.1, 0.15) is 6.61 Å². The molecule has 0 spiro atoms. The molecule has 1 saturated heterocycles. The number of amides is 1. The fourth-order valence-corrected chi connectivity index (χ4v) is 4.43. The number of benzene rings is 2. The number of carbonyl (C=O) groups excluding carboxylic acids is 1. The van der Waals surface area contributed by atoms with Crippen molar-refractivity contribution in [2.75, 3.05) is 20.3 Å². The van der Waals surface area contributed by atoms with Crippen molar-refractivity contribution in [1.29, 1.82) is 0 Å². The minimum Gasteiger partial charge on any atom is -0.375 e. The Morgan fingerprint density at radius 1 is 1.19 bits per heavy atom. The van der Waals surface area contributed by atoms with Crippen LogP contribution in [0.3, 0.4) is 0 Å². The van der Waals surface area contributed by atoms with E-state index >= 15 is 0 Å². The van der Waals surface area contributed by atoms with Crippen LogP contribution in [0.25, 0.3) is 11.1 Å². The van der Waals surface area contributed by atoms with Gasteiger partial charge in [0, 0.05) is 13.7 Å². The number of ether oxygens (including phenoxy) is 1. The second kappa shape index (κ2) is 6.68. The monoisotopic (exact) mass is 375 g/mol. The van der Waals surface area contributed by atoms with E-state index in [1.54, 1.807) is 0 Å². The number of halogens is 3. The molecule has 6 heteroatoms. The minimum atomic E-state index is -4.35. The van der Waals surface area contributed by atoms with Crippen LogP contribution in [0.5, 0.6) is 0 Å². The summed E-state index contributed by atoms with van der Waals surface area (Å²) in [6, 6.07) is 11.2. The summed E-state index contributed by atoms with van der Waals surface area (Å²) >= 11 is 0. The highest BCUT2D eigenvalue weighted by molar-refractivity contribution is 5.80. The summed E-state index contributed by atoms with van der Waals surface area (Å²) in [5.41, 5.74) is 3.28. The highest BCUT2D eigenvalue weighted by Crippen LogP contribution is 2.52. The van der Waals surface area contributed by atoms with E-state index in [0.29, 0.717) is 12.5 Å². The van der Waals surface area contributed by atoms with Gasteiger partial charge in [0.05, 0.1) is 11.6 Å². The first-order valence-electron chi connectivity index (χ1n) is 8.99. The van der Waals surface area contributed by atoms with Gasteiger partial charge in [-0.25, -0.2) is 0 Å². The number of nitrogens with zero attached hydrogens (tertiary/aromatic N) is 1. The van der Waals surface area contributed by atoms with Crippen molar-refractivity contribution in [3.63, 3.8) is 0 Å². The lowest BCUT2D eigenvalue weighted by atomic mass is 9.93. The third-order valence-corrected chi connectivity index (χ3v) is 5.63. The fraction of sp³-hybridized carbons (Fsp3) is 0.381. The first kappa shape index (κ1) is 18.0. The van der Waals surface area contributed by atoms with Crippen LogP contribution in [0.4, 0.5) is 13.2 Å².